The first-order valence-electron chi connectivity index (χ1n) is 7.72. The summed E-state index contributed by atoms with van der Waals surface area (Å²) in [7, 11) is 1.35. The largest absolute Gasteiger partial charge is 0.469 e. The minimum Gasteiger partial charge on any atom is -0.469 e. The maximum absolute atomic E-state index is 11.3. The van der Waals surface area contributed by atoms with Crippen molar-refractivity contribution in [2.75, 3.05) is 7.11 Å². The smallest absolute Gasteiger partial charge is 0.305 e. The van der Waals surface area contributed by atoms with Gasteiger partial charge < -0.3 is 4.74 Å². The van der Waals surface area contributed by atoms with E-state index in [-0.39, 0.29) is 12.4 Å². The van der Waals surface area contributed by atoms with Gasteiger partial charge in [-0.15, -0.1) is 0 Å². The van der Waals surface area contributed by atoms with E-state index in [9.17, 15) is 9.59 Å². The van der Waals surface area contributed by atoms with E-state index in [1.165, 1.54) is 7.11 Å². The van der Waals surface area contributed by atoms with Gasteiger partial charge in [-0.25, -0.2) is 0 Å². The van der Waals surface area contributed by atoms with Gasteiger partial charge in [0, 0.05) is 12.0 Å². The van der Waals surface area contributed by atoms with Gasteiger partial charge in [0.2, 0.25) is 0 Å². The third-order valence-corrected chi connectivity index (χ3v) is 4.19. The molecule has 3 nitrogen and oxygen atoms in total. The third kappa shape index (κ3) is 4.80. The lowest BCUT2D eigenvalue weighted by Crippen LogP contribution is -2.00. The lowest BCUT2D eigenvalue weighted by molar-refractivity contribution is -0.140. The van der Waals surface area contributed by atoms with Crippen LogP contribution < -0.4 is 0 Å². The Balaban J connectivity index is 2.13. The Kier molecular flexibility index (Phi) is 6.76. The number of benzene rings is 2. The summed E-state index contributed by atoms with van der Waals surface area (Å²) in [6, 6.07) is 17.8. The summed E-state index contributed by atoms with van der Waals surface area (Å²) in [4.78, 5) is 22.4. The number of carbonyl (C=O) groups excluding carboxylic acids is 2. The van der Waals surface area contributed by atoms with Crippen molar-refractivity contribution in [3.8, 4) is 11.1 Å². The molecule has 2 rings (SSSR count). The van der Waals surface area contributed by atoms with Crippen molar-refractivity contribution in [2.24, 2.45) is 0 Å². The Hall–Kier alpha value is -2.39. The lowest BCUT2D eigenvalue weighted by Gasteiger charge is -2.07. The molecule has 0 N–H and O–H groups in total. The topological polar surface area (TPSA) is 43.4 Å². The highest BCUT2D eigenvalue weighted by Crippen LogP contribution is 2.27. The van der Waals surface area contributed by atoms with Crippen LogP contribution in [0.15, 0.2) is 60.2 Å². The first-order valence-corrected chi connectivity index (χ1v) is 8.10. The molecule has 0 atom stereocenters. The number of halogens is 1. The Morgan fingerprint density at radius 3 is 2.21 bits per heavy atom. The van der Waals surface area contributed by atoms with Gasteiger partial charge in [0.05, 0.1) is 12.1 Å². The number of rotatable bonds is 7. The molecule has 0 heterocycles. The number of carbonyl (C=O) groups is 2. The summed E-state index contributed by atoms with van der Waals surface area (Å²) < 4.78 is 4.59. The molecule has 0 aliphatic rings. The fraction of sp³-hybridized carbons (Fsp3) is 0.200. The van der Waals surface area contributed by atoms with Crippen LogP contribution in [0, 0.1) is 0 Å². The number of hydrogen-bond donors (Lipinski definition) is 0. The summed E-state index contributed by atoms with van der Waals surface area (Å²) >= 11 is 6.35. The van der Waals surface area contributed by atoms with Gasteiger partial charge in [0.15, 0.2) is 0 Å². The molecule has 0 aliphatic heterocycles. The Labute approximate surface area is 146 Å². The molecule has 2 aromatic carbocycles. The highest BCUT2D eigenvalue weighted by atomic mass is 35.5. The van der Waals surface area contributed by atoms with Crippen LogP contribution in [-0.2, 0) is 14.3 Å². The van der Waals surface area contributed by atoms with Crippen molar-refractivity contribution in [1.29, 1.82) is 0 Å². The van der Waals surface area contributed by atoms with Crippen LogP contribution in [0.4, 0.5) is 0 Å². The van der Waals surface area contributed by atoms with Crippen molar-refractivity contribution < 1.29 is 14.3 Å². The van der Waals surface area contributed by atoms with Crippen LogP contribution >= 0.6 is 11.6 Å². The Morgan fingerprint density at radius 1 is 1.00 bits per heavy atom. The summed E-state index contributed by atoms with van der Waals surface area (Å²) in [6.07, 6.45) is 1.99. The van der Waals surface area contributed by atoms with E-state index in [0.29, 0.717) is 23.4 Å². The zero-order valence-electron chi connectivity index (χ0n) is 13.5. The normalized spacial score (nSPS) is 11.6. The molecule has 0 saturated heterocycles. The Morgan fingerprint density at radius 2 is 1.62 bits per heavy atom. The van der Waals surface area contributed by atoms with Crippen LogP contribution in [0.2, 0.25) is 0 Å². The van der Waals surface area contributed by atoms with E-state index >= 15 is 0 Å². The van der Waals surface area contributed by atoms with Crippen molar-refractivity contribution >= 4 is 28.9 Å². The summed E-state index contributed by atoms with van der Waals surface area (Å²) in [5.41, 5.74) is 3.49. The summed E-state index contributed by atoms with van der Waals surface area (Å²) in [5, 5.41) is 0.425. The van der Waals surface area contributed by atoms with Crippen LogP contribution in [0.5, 0.6) is 0 Å². The molecule has 0 spiro atoms. The van der Waals surface area contributed by atoms with Crippen molar-refractivity contribution in [3.63, 3.8) is 0 Å². The van der Waals surface area contributed by atoms with Crippen LogP contribution in [0.1, 0.15) is 24.8 Å². The minimum absolute atomic E-state index is 0.269. The van der Waals surface area contributed by atoms with Crippen LogP contribution in [0.25, 0.3) is 16.2 Å². The highest BCUT2D eigenvalue weighted by molar-refractivity contribution is 6.50. The predicted molar refractivity (Wildman–Crippen MR) is 96.6 cm³/mol. The number of aldehydes is 1. The second-order valence-electron chi connectivity index (χ2n) is 5.33. The number of allylic oxidation sites excluding steroid dienone is 1. The van der Waals surface area contributed by atoms with E-state index in [4.69, 9.17) is 11.6 Å². The average Bonchev–Trinajstić information content (AvgIpc) is 2.65. The minimum atomic E-state index is -0.288. The molecule has 0 amide bonds. The standard InChI is InChI=1S/C20H19ClO3/c1-24-19(23)9-5-8-18(14-22)20(21)17-12-10-16(11-13-17)15-6-3-2-4-7-15/h2-4,6-7,10-14H,5,8-9H2,1H3. The molecule has 0 aliphatic carbocycles. The molecule has 0 fully saturated rings. The molecule has 2 aromatic rings. The molecule has 0 saturated carbocycles. The van der Waals surface area contributed by atoms with Crippen molar-refractivity contribution in [1.82, 2.24) is 0 Å². The van der Waals surface area contributed by atoms with Gasteiger partial charge in [0.1, 0.15) is 6.29 Å². The van der Waals surface area contributed by atoms with E-state index in [1.54, 1.807) is 0 Å². The fourth-order valence-electron chi connectivity index (χ4n) is 2.37. The van der Waals surface area contributed by atoms with Crippen LogP contribution in [-0.4, -0.2) is 19.4 Å². The second-order valence-corrected chi connectivity index (χ2v) is 5.71. The van der Waals surface area contributed by atoms with Crippen molar-refractivity contribution in [3.05, 3.63) is 65.7 Å². The highest BCUT2D eigenvalue weighted by Gasteiger charge is 2.09. The third-order valence-electron chi connectivity index (χ3n) is 3.72. The van der Waals surface area contributed by atoms with E-state index in [2.05, 4.69) is 4.74 Å². The fourth-order valence-corrected chi connectivity index (χ4v) is 2.64. The number of ether oxygens (including phenoxy) is 1. The first kappa shape index (κ1) is 18.0. The van der Waals surface area contributed by atoms with Gasteiger partial charge in [-0.2, -0.15) is 0 Å². The number of methoxy groups -OCH3 is 1. The maximum Gasteiger partial charge on any atom is 0.305 e. The van der Waals surface area contributed by atoms with Gasteiger partial charge in [0.25, 0.3) is 0 Å². The molecular formula is C20H19ClO3. The van der Waals surface area contributed by atoms with Gasteiger partial charge in [-0.05, 0) is 29.5 Å². The lowest BCUT2D eigenvalue weighted by atomic mass is 10.0. The second kappa shape index (κ2) is 9.04. The average molecular weight is 343 g/mol. The molecule has 0 unspecified atom stereocenters. The Bertz CT molecular complexity index is 718. The molecule has 124 valence electrons. The summed E-state index contributed by atoms with van der Waals surface area (Å²) in [5.74, 6) is -0.288. The van der Waals surface area contributed by atoms with E-state index in [0.717, 1.165) is 23.0 Å². The molecule has 4 heteroatoms. The van der Waals surface area contributed by atoms with E-state index in [1.807, 2.05) is 54.6 Å². The zero-order valence-corrected chi connectivity index (χ0v) is 14.3. The van der Waals surface area contributed by atoms with E-state index < -0.39 is 0 Å². The predicted octanol–water partition coefficient (Wildman–Crippen LogP) is 4.85. The maximum atomic E-state index is 11.3. The molecule has 0 aromatic heterocycles. The quantitative estimate of drug-likeness (QED) is 0.410. The van der Waals surface area contributed by atoms with Crippen molar-refractivity contribution in [2.45, 2.75) is 19.3 Å². The molecular weight excluding hydrogens is 324 g/mol. The molecule has 24 heavy (non-hydrogen) atoms. The van der Waals surface area contributed by atoms with Crippen LogP contribution in [0.3, 0.4) is 0 Å². The first-order chi connectivity index (χ1) is 11.7. The van der Waals surface area contributed by atoms with Gasteiger partial charge in [-0.3, -0.25) is 9.59 Å². The number of esters is 1. The molecule has 0 radical (unpaired) electrons. The zero-order chi connectivity index (χ0) is 17.4. The summed E-state index contributed by atoms with van der Waals surface area (Å²) in [6.45, 7) is 0. The molecule has 0 bridgehead atoms. The SMILES string of the molecule is COC(=O)CCCC(C=O)=C(Cl)c1ccc(-c2ccccc2)cc1. The number of hydrogen-bond acceptors (Lipinski definition) is 3. The van der Waals surface area contributed by atoms with Gasteiger partial charge >= 0.3 is 5.97 Å². The monoisotopic (exact) mass is 342 g/mol. The van der Waals surface area contributed by atoms with Gasteiger partial charge in [-0.1, -0.05) is 66.2 Å².